The lowest BCUT2D eigenvalue weighted by atomic mass is 9.86. The Balaban J connectivity index is 2.28. The molecule has 1 atom stereocenters. The maximum absolute atomic E-state index is 12.5. The Bertz CT molecular complexity index is 448. The summed E-state index contributed by atoms with van der Waals surface area (Å²) in [7, 11) is 0. The molecule has 0 spiro atoms. The average molecular weight is 246 g/mol. The number of carbonyl (C=O) groups excluding carboxylic acids is 1. The van der Waals surface area contributed by atoms with E-state index in [-0.39, 0.29) is 11.3 Å². The molecule has 3 nitrogen and oxygen atoms in total. The number of carbonyl (C=O) groups is 1. The van der Waals surface area contributed by atoms with Crippen LogP contribution in [-0.4, -0.2) is 18.5 Å². The van der Waals surface area contributed by atoms with Gasteiger partial charge in [0.25, 0.3) is 0 Å². The van der Waals surface area contributed by atoms with Crippen molar-refractivity contribution in [2.24, 2.45) is 11.1 Å². The molecule has 0 radical (unpaired) electrons. The Morgan fingerprint density at radius 1 is 1.33 bits per heavy atom. The van der Waals surface area contributed by atoms with E-state index in [2.05, 4.69) is 6.07 Å². The zero-order valence-corrected chi connectivity index (χ0v) is 11.4. The van der Waals surface area contributed by atoms with E-state index in [0.717, 1.165) is 25.1 Å². The van der Waals surface area contributed by atoms with E-state index >= 15 is 0 Å². The third kappa shape index (κ3) is 2.41. The van der Waals surface area contributed by atoms with Crippen molar-refractivity contribution in [3.8, 4) is 0 Å². The molecule has 0 fully saturated rings. The van der Waals surface area contributed by atoms with Gasteiger partial charge in [-0.25, -0.2) is 0 Å². The predicted octanol–water partition coefficient (Wildman–Crippen LogP) is 2.34. The van der Waals surface area contributed by atoms with Gasteiger partial charge in [-0.15, -0.1) is 0 Å². The highest BCUT2D eigenvalue weighted by Gasteiger charge is 2.33. The van der Waals surface area contributed by atoms with Crippen molar-refractivity contribution >= 4 is 11.6 Å². The number of aryl methyl sites for hydroxylation is 1. The fraction of sp³-hybridized carbons (Fsp3) is 0.533. The Morgan fingerprint density at radius 2 is 2.00 bits per heavy atom. The van der Waals surface area contributed by atoms with Gasteiger partial charge in [0.2, 0.25) is 5.91 Å². The van der Waals surface area contributed by atoms with Gasteiger partial charge in [-0.3, -0.25) is 4.79 Å². The fourth-order valence-corrected chi connectivity index (χ4v) is 2.30. The highest BCUT2D eigenvalue weighted by Crippen LogP contribution is 2.29. The summed E-state index contributed by atoms with van der Waals surface area (Å²) >= 11 is 0. The maximum Gasteiger partial charge on any atom is 0.244 e. The molecule has 0 aromatic heterocycles. The SMILES string of the molecule is CC(C)(C)[C@H](N)C(=O)N1CCCc2ccccc21. The third-order valence-electron chi connectivity index (χ3n) is 3.58. The van der Waals surface area contributed by atoms with Crippen LogP contribution in [0.15, 0.2) is 24.3 Å². The molecule has 1 aromatic carbocycles. The molecule has 3 heteroatoms. The molecular weight excluding hydrogens is 224 g/mol. The van der Waals surface area contributed by atoms with Gasteiger partial charge < -0.3 is 10.6 Å². The summed E-state index contributed by atoms with van der Waals surface area (Å²) in [5.41, 5.74) is 8.17. The Hall–Kier alpha value is -1.35. The van der Waals surface area contributed by atoms with Crippen LogP contribution in [0, 0.1) is 5.41 Å². The number of anilines is 1. The number of fused-ring (bicyclic) bond motifs is 1. The van der Waals surface area contributed by atoms with Gasteiger partial charge in [0, 0.05) is 12.2 Å². The highest BCUT2D eigenvalue weighted by molar-refractivity contribution is 5.98. The molecule has 1 aliphatic rings. The second-order valence-corrected chi connectivity index (χ2v) is 6.07. The highest BCUT2D eigenvalue weighted by atomic mass is 16.2. The Morgan fingerprint density at radius 3 is 2.67 bits per heavy atom. The smallest absolute Gasteiger partial charge is 0.244 e. The van der Waals surface area contributed by atoms with Crippen LogP contribution in [0.2, 0.25) is 0 Å². The second kappa shape index (κ2) is 4.73. The van der Waals surface area contributed by atoms with Crippen molar-refractivity contribution in [3.63, 3.8) is 0 Å². The standard InChI is InChI=1S/C15H22N2O/c1-15(2,3)13(16)14(18)17-10-6-8-11-7-4-5-9-12(11)17/h4-5,7,9,13H,6,8,10,16H2,1-3H3/t13-/m1/s1. The van der Waals surface area contributed by atoms with E-state index in [4.69, 9.17) is 5.73 Å². The summed E-state index contributed by atoms with van der Waals surface area (Å²) in [4.78, 5) is 14.4. The molecule has 1 amide bonds. The first-order valence-corrected chi connectivity index (χ1v) is 6.56. The van der Waals surface area contributed by atoms with Gasteiger partial charge in [0.1, 0.15) is 0 Å². The molecule has 1 heterocycles. The van der Waals surface area contributed by atoms with E-state index in [9.17, 15) is 4.79 Å². The van der Waals surface area contributed by atoms with Gasteiger partial charge in [-0.2, -0.15) is 0 Å². The number of para-hydroxylation sites is 1. The fourth-order valence-electron chi connectivity index (χ4n) is 2.30. The van der Waals surface area contributed by atoms with Crippen molar-refractivity contribution in [2.45, 2.75) is 39.7 Å². The van der Waals surface area contributed by atoms with E-state index in [0.29, 0.717) is 0 Å². The number of hydrogen-bond acceptors (Lipinski definition) is 2. The molecule has 0 bridgehead atoms. The van der Waals surface area contributed by atoms with Crippen molar-refractivity contribution in [3.05, 3.63) is 29.8 Å². The first-order chi connectivity index (χ1) is 8.41. The summed E-state index contributed by atoms with van der Waals surface area (Å²) in [6.45, 7) is 6.79. The van der Waals surface area contributed by atoms with Crippen LogP contribution in [0.1, 0.15) is 32.8 Å². The van der Waals surface area contributed by atoms with Crippen LogP contribution in [0.25, 0.3) is 0 Å². The molecule has 0 saturated heterocycles. The lowest BCUT2D eigenvalue weighted by Crippen LogP contribution is -2.51. The summed E-state index contributed by atoms with van der Waals surface area (Å²) in [5.74, 6) is 0.0367. The monoisotopic (exact) mass is 246 g/mol. The van der Waals surface area contributed by atoms with Crippen LogP contribution in [-0.2, 0) is 11.2 Å². The first kappa shape index (κ1) is 13.1. The molecule has 2 rings (SSSR count). The quantitative estimate of drug-likeness (QED) is 0.826. The minimum Gasteiger partial charge on any atom is -0.319 e. The number of rotatable bonds is 1. The predicted molar refractivity (Wildman–Crippen MR) is 74.5 cm³/mol. The topological polar surface area (TPSA) is 46.3 Å². The molecule has 2 N–H and O–H groups in total. The van der Waals surface area contributed by atoms with E-state index in [1.54, 1.807) is 0 Å². The minimum atomic E-state index is -0.455. The maximum atomic E-state index is 12.5. The summed E-state index contributed by atoms with van der Waals surface area (Å²) in [5, 5.41) is 0. The zero-order chi connectivity index (χ0) is 13.3. The molecule has 98 valence electrons. The molecule has 1 aromatic rings. The molecule has 0 aliphatic carbocycles. The Labute approximate surface area is 109 Å². The number of benzene rings is 1. The summed E-state index contributed by atoms with van der Waals surface area (Å²) < 4.78 is 0. The minimum absolute atomic E-state index is 0.0367. The van der Waals surface area contributed by atoms with Gasteiger partial charge in [0.15, 0.2) is 0 Å². The van der Waals surface area contributed by atoms with Crippen LogP contribution < -0.4 is 10.6 Å². The number of nitrogens with zero attached hydrogens (tertiary/aromatic N) is 1. The number of hydrogen-bond donors (Lipinski definition) is 1. The van der Waals surface area contributed by atoms with Crippen LogP contribution in [0.5, 0.6) is 0 Å². The van der Waals surface area contributed by atoms with Crippen LogP contribution in [0.3, 0.4) is 0 Å². The number of nitrogens with two attached hydrogens (primary N) is 1. The van der Waals surface area contributed by atoms with Crippen molar-refractivity contribution in [1.82, 2.24) is 0 Å². The van der Waals surface area contributed by atoms with Gasteiger partial charge in [-0.05, 0) is 29.9 Å². The van der Waals surface area contributed by atoms with E-state index in [1.807, 2.05) is 43.9 Å². The van der Waals surface area contributed by atoms with Crippen LogP contribution in [0.4, 0.5) is 5.69 Å². The van der Waals surface area contributed by atoms with E-state index in [1.165, 1.54) is 5.56 Å². The van der Waals surface area contributed by atoms with Gasteiger partial charge in [0.05, 0.1) is 6.04 Å². The molecule has 18 heavy (non-hydrogen) atoms. The second-order valence-electron chi connectivity index (χ2n) is 6.07. The van der Waals surface area contributed by atoms with Crippen LogP contribution >= 0.6 is 0 Å². The van der Waals surface area contributed by atoms with Crippen molar-refractivity contribution in [2.75, 3.05) is 11.4 Å². The number of amides is 1. The lowest BCUT2D eigenvalue weighted by Gasteiger charge is -2.35. The van der Waals surface area contributed by atoms with Gasteiger partial charge >= 0.3 is 0 Å². The lowest BCUT2D eigenvalue weighted by molar-refractivity contribution is -0.122. The Kier molecular flexibility index (Phi) is 3.44. The summed E-state index contributed by atoms with van der Waals surface area (Å²) in [6, 6.07) is 7.66. The van der Waals surface area contributed by atoms with Gasteiger partial charge in [-0.1, -0.05) is 39.0 Å². The van der Waals surface area contributed by atoms with Crippen molar-refractivity contribution in [1.29, 1.82) is 0 Å². The first-order valence-electron chi connectivity index (χ1n) is 6.56. The largest absolute Gasteiger partial charge is 0.319 e. The third-order valence-corrected chi connectivity index (χ3v) is 3.58. The summed E-state index contributed by atoms with van der Waals surface area (Å²) in [6.07, 6.45) is 2.06. The van der Waals surface area contributed by atoms with E-state index < -0.39 is 6.04 Å². The molecule has 1 aliphatic heterocycles. The zero-order valence-electron chi connectivity index (χ0n) is 11.4. The molecule has 0 saturated carbocycles. The molecule has 0 unspecified atom stereocenters. The van der Waals surface area contributed by atoms with Crippen molar-refractivity contribution < 1.29 is 4.79 Å². The normalized spacial score (nSPS) is 17.2. The molecular formula is C15H22N2O. The average Bonchev–Trinajstić information content (AvgIpc) is 2.35.